The zero-order chi connectivity index (χ0) is 23.6. The van der Waals surface area contributed by atoms with E-state index in [0.29, 0.717) is 18.6 Å². The lowest BCUT2D eigenvalue weighted by atomic mass is 9.96. The van der Waals surface area contributed by atoms with Crippen molar-refractivity contribution in [2.75, 3.05) is 31.1 Å². The Bertz CT molecular complexity index is 1350. The molecule has 1 N–H and O–H groups in total. The molecule has 3 aliphatic heterocycles. The van der Waals surface area contributed by atoms with Crippen LogP contribution in [0.15, 0.2) is 91.1 Å². The zero-order valence-corrected chi connectivity index (χ0v) is 19.8. The maximum absolute atomic E-state index is 10.9. The van der Waals surface area contributed by atoms with Gasteiger partial charge in [-0.05, 0) is 60.0 Å². The summed E-state index contributed by atoms with van der Waals surface area (Å²) in [6.45, 7) is 2.79. The number of hydrogen-bond acceptors (Lipinski definition) is 5. The van der Waals surface area contributed by atoms with Crippen molar-refractivity contribution in [2.24, 2.45) is 0 Å². The number of nitrogens with zero attached hydrogens (tertiary/aromatic N) is 3. The molecule has 4 heterocycles. The molecule has 2 bridgehead atoms. The number of aliphatic hydroxyl groups excluding tert-OH is 1. The van der Waals surface area contributed by atoms with E-state index in [9.17, 15) is 5.11 Å². The number of ether oxygens (including phenoxy) is 1. The van der Waals surface area contributed by atoms with Crippen molar-refractivity contribution in [2.45, 2.75) is 31.0 Å². The summed E-state index contributed by atoms with van der Waals surface area (Å²) in [5.74, 6) is 0.772. The SMILES string of the molecule is O[C@H](COc1cccc2ncccc12)CN1C[C@@H]2C/C=C\C[C@H]1CN2c1ccc2ccccc2c1. The lowest BCUT2D eigenvalue weighted by molar-refractivity contribution is 0.0409. The quantitative estimate of drug-likeness (QED) is 0.405. The van der Waals surface area contributed by atoms with E-state index in [2.05, 4.69) is 69.4 Å². The Morgan fingerprint density at radius 3 is 2.66 bits per heavy atom. The molecule has 0 amide bonds. The van der Waals surface area contributed by atoms with Crippen LogP contribution < -0.4 is 9.64 Å². The van der Waals surface area contributed by atoms with E-state index < -0.39 is 6.10 Å². The van der Waals surface area contributed by atoms with Gasteiger partial charge in [0.25, 0.3) is 0 Å². The van der Waals surface area contributed by atoms with Gasteiger partial charge in [0, 0.05) is 49.0 Å². The molecule has 4 aromatic rings. The van der Waals surface area contributed by atoms with Gasteiger partial charge >= 0.3 is 0 Å². The summed E-state index contributed by atoms with van der Waals surface area (Å²) in [6, 6.07) is 25.9. The van der Waals surface area contributed by atoms with Crippen LogP contribution in [-0.2, 0) is 0 Å². The molecule has 3 atom stereocenters. The fourth-order valence-electron chi connectivity index (χ4n) is 5.55. The summed E-state index contributed by atoms with van der Waals surface area (Å²) in [5, 5.41) is 14.4. The first-order chi connectivity index (χ1) is 17.2. The van der Waals surface area contributed by atoms with Gasteiger partial charge in [0.15, 0.2) is 0 Å². The second-order valence-corrected chi connectivity index (χ2v) is 9.68. The molecule has 1 saturated heterocycles. The van der Waals surface area contributed by atoms with Crippen LogP contribution in [0.25, 0.3) is 21.7 Å². The molecule has 5 nitrogen and oxygen atoms in total. The van der Waals surface area contributed by atoms with Gasteiger partial charge in [-0.1, -0.05) is 48.6 Å². The highest BCUT2D eigenvalue weighted by atomic mass is 16.5. The standard InChI is InChI=1S/C30H31N3O2/c34-27(21-35-30-13-5-12-29-28(30)11-6-16-31-29)20-32-18-26-10-4-3-9-25(32)19-33(26)24-15-14-22-7-1-2-8-23(22)17-24/h1-8,11-17,25-27,34H,9-10,18-21H2/b4-3-/t25-,26-,27-/m0/s1. The first-order valence-corrected chi connectivity index (χ1v) is 12.5. The van der Waals surface area contributed by atoms with E-state index in [0.717, 1.165) is 42.6 Å². The first kappa shape index (κ1) is 22.1. The van der Waals surface area contributed by atoms with Crippen molar-refractivity contribution in [3.63, 3.8) is 0 Å². The van der Waals surface area contributed by atoms with Crippen LogP contribution in [-0.4, -0.2) is 59.4 Å². The largest absolute Gasteiger partial charge is 0.490 e. The lowest BCUT2D eigenvalue weighted by Gasteiger charge is -2.48. The van der Waals surface area contributed by atoms with Crippen LogP contribution in [0.5, 0.6) is 5.75 Å². The van der Waals surface area contributed by atoms with Gasteiger partial charge in [-0.25, -0.2) is 0 Å². The summed E-state index contributed by atoms with van der Waals surface area (Å²) in [6.07, 6.45) is 7.89. The maximum atomic E-state index is 10.9. The van der Waals surface area contributed by atoms with Crippen molar-refractivity contribution in [1.82, 2.24) is 9.88 Å². The van der Waals surface area contributed by atoms with Gasteiger partial charge in [-0.15, -0.1) is 0 Å². The summed E-state index contributed by atoms with van der Waals surface area (Å²) < 4.78 is 6.05. The Labute approximate surface area is 206 Å². The minimum atomic E-state index is -0.555. The molecule has 1 aromatic heterocycles. The Kier molecular flexibility index (Phi) is 6.11. The molecule has 0 unspecified atom stereocenters. The van der Waals surface area contributed by atoms with Gasteiger partial charge in [-0.2, -0.15) is 0 Å². The van der Waals surface area contributed by atoms with E-state index in [-0.39, 0.29) is 6.61 Å². The van der Waals surface area contributed by atoms with Gasteiger partial charge in [0.1, 0.15) is 18.5 Å². The molecule has 0 aliphatic carbocycles. The predicted molar refractivity (Wildman–Crippen MR) is 142 cm³/mol. The second-order valence-electron chi connectivity index (χ2n) is 9.68. The number of anilines is 1. The molecular formula is C30H31N3O2. The highest BCUT2D eigenvalue weighted by Crippen LogP contribution is 2.31. The van der Waals surface area contributed by atoms with Crippen LogP contribution in [0, 0.1) is 0 Å². The summed E-state index contributed by atoms with van der Waals surface area (Å²) in [4.78, 5) is 9.43. The molecule has 178 valence electrons. The van der Waals surface area contributed by atoms with E-state index in [1.54, 1.807) is 6.20 Å². The number of aliphatic hydroxyl groups is 1. The third kappa shape index (κ3) is 4.62. The number of piperazine rings is 1. The number of rotatable bonds is 6. The summed E-state index contributed by atoms with van der Waals surface area (Å²) in [5.41, 5.74) is 2.20. The molecule has 3 aromatic carbocycles. The maximum Gasteiger partial charge on any atom is 0.128 e. The second kappa shape index (κ2) is 9.68. The fraction of sp³-hybridized carbons (Fsp3) is 0.300. The van der Waals surface area contributed by atoms with Crippen molar-refractivity contribution in [1.29, 1.82) is 0 Å². The smallest absolute Gasteiger partial charge is 0.128 e. The summed E-state index contributed by atoms with van der Waals surface area (Å²) >= 11 is 0. The molecular weight excluding hydrogens is 434 g/mol. The Morgan fingerprint density at radius 2 is 1.74 bits per heavy atom. The molecule has 0 spiro atoms. The van der Waals surface area contributed by atoms with Gasteiger partial charge in [-0.3, -0.25) is 9.88 Å². The monoisotopic (exact) mass is 465 g/mol. The zero-order valence-electron chi connectivity index (χ0n) is 19.8. The average Bonchev–Trinajstić information content (AvgIpc) is 2.88. The molecule has 3 aliphatic rings. The minimum absolute atomic E-state index is 0.270. The predicted octanol–water partition coefficient (Wildman–Crippen LogP) is 5.04. The molecule has 35 heavy (non-hydrogen) atoms. The first-order valence-electron chi connectivity index (χ1n) is 12.5. The Morgan fingerprint density at radius 1 is 0.886 bits per heavy atom. The van der Waals surface area contributed by atoms with E-state index in [1.807, 2.05) is 30.3 Å². The normalized spacial score (nSPS) is 22.1. The van der Waals surface area contributed by atoms with Crippen LogP contribution in [0.1, 0.15) is 12.8 Å². The summed E-state index contributed by atoms with van der Waals surface area (Å²) in [7, 11) is 0. The van der Waals surface area contributed by atoms with Crippen molar-refractivity contribution >= 4 is 27.4 Å². The molecule has 0 saturated carbocycles. The number of pyridine rings is 1. The average molecular weight is 466 g/mol. The van der Waals surface area contributed by atoms with Crippen LogP contribution in [0.4, 0.5) is 5.69 Å². The van der Waals surface area contributed by atoms with Crippen molar-refractivity contribution in [3.8, 4) is 5.75 Å². The number of fused-ring (bicyclic) bond motifs is 6. The van der Waals surface area contributed by atoms with Crippen molar-refractivity contribution in [3.05, 3.63) is 91.1 Å². The third-order valence-electron chi connectivity index (χ3n) is 7.34. The highest BCUT2D eigenvalue weighted by Gasteiger charge is 2.35. The van der Waals surface area contributed by atoms with Crippen LogP contribution in [0.3, 0.4) is 0 Å². The molecule has 1 fully saturated rings. The number of aromatic nitrogens is 1. The van der Waals surface area contributed by atoms with Gasteiger partial charge in [0.2, 0.25) is 0 Å². The molecule has 7 rings (SSSR count). The van der Waals surface area contributed by atoms with E-state index in [4.69, 9.17) is 4.74 Å². The van der Waals surface area contributed by atoms with Gasteiger partial charge in [0.05, 0.1) is 5.52 Å². The highest BCUT2D eigenvalue weighted by molar-refractivity contribution is 5.86. The van der Waals surface area contributed by atoms with Crippen LogP contribution >= 0.6 is 0 Å². The lowest BCUT2D eigenvalue weighted by Crippen LogP contribution is -2.60. The topological polar surface area (TPSA) is 48.8 Å². The van der Waals surface area contributed by atoms with E-state index in [1.165, 1.54) is 16.5 Å². The molecule has 5 heteroatoms. The number of benzene rings is 3. The Hall–Kier alpha value is -3.41. The van der Waals surface area contributed by atoms with E-state index >= 15 is 0 Å². The number of hydrogen-bond donors (Lipinski definition) is 1. The minimum Gasteiger partial charge on any atom is -0.490 e. The fourth-order valence-corrected chi connectivity index (χ4v) is 5.55. The molecule has 0 radical (unpaired) electrons. The third-order valence-corrected chi connectivity index (χ3v) is 7.34. The van der Waals surface area contributed by atoms with Crippen molar-refractivity contribution < 1.29 is 9.84 Å². The Balaban J connectivity index is 1.14. The van der Waals surface area contributed by atoms with Crippen LogP contribution in [0.2, 0.25) is 0 Å². The van der Waals surface area contributed by atoms with Gasteiger partial charge < -0.3 is 14.7 Å².